The number of para-hydroxylation sites is 1. The fourth-order valence-electron chi connectivity index (χ4n) is 3.79. The number of nitrogens with zero attached hydrogens (tertiary/aromatic N) is 1. The number of hydrogen-bond donors (Lipinski definition) is 0. The van der Waals surface area contributed by atoms with Gasteiger partial charge in [-0.15, -0.1) is 0 Å². The number of carbonyl (C=O) groups excluding carboxylic acids is 1. The first-order chi connectivity index (χ1) is 8.77. The van der Waals surface area contributed by atoms with E-state index in [9.17, 15) is 4.79 Å². The number of ketones is 1. The van der Waals surface area contributed by atoms with Gasteiger partial charge < -0.3 is 9.64 Å². The molecule has 1 aromatic carbocycles. The molecule has 0 radical (unpaired) electrons. The predicted molar refractivity (Wildman–Crippen MR) is 67.9 cm³/mol. The second kappa shape index (κ2) is 3.58. The van der Waals surface area contributed by atoms with Crippen LogP contribution < -0.4 is 4.74 Å². The lowest BCUT2D eigenvalue weighted by Crippen LogP contribution is -2.53. The lowest BCUT2D eigenvalue weighted by Gasteiger charge is -2.45. The van der Waals surface area contributed by atoms with Crippen molar-refractivity contribution in [3.63, 3.8) is 0 Å². The van der Waals surface area contributed by atoms with Crippen LogP contribution in [0.1, 0.15) is 29.6 Å². The predicted octanol–water partition coefficient (Wildman–Crippen LogP) is 2.12. The van der Waals surface area contributed by atoms with Crippen LogP contribution in [0.2, 0.25) is 0 Å². The van der Waals surface area contributed by atoms with E-state index in [4.69, 9.17) is 4.74 Å². The van der Waals surface area contributed by atoms with Crippen LogP contribution >= 0.6 is 0 Å². The van der Waals surface area contributed by atoms with Gasteiger partial charge in [0, 0.05) is 25.4 Å². The van der Waals surface area contributed by atoms with Crippen LogP contribution in [0.25, 0.3) is 0 Å². The molecule has 4 rings (SSSR count). The zero-order valence-corrected chi connectivity index (χ0v) is 10.4. The van der Waals surface area contributed by atoms with Crippen molar-refractivity contribution < 1.29 is 9.53 Å². The SMILES string of the molecule is O=C1CC2(CCN3CCC2C3)Oc2ccccc21. The van der Waals surface area contributed by atoms with Crippen LogP contribution in [-0.2, 0) is 0 Å². The van der Waals surface area contributed by atoms with Gasteiger partial charge in [0.05, 0.1) is 12.0 Å². The minimum Gasteiger partial charge on any atom is -0.486 e. The molecule has 3 unspecified atom stereocenters. The smallest absolute Gasteiger partial charge is 0.170 e. The van der Waals surface area contributed by atoms with Crippen molar-refractivity contribution in [3.05, 3.63) is 29.8 Å². The minimum absolute atomic E-state index is 0.210. The van der Waals surface area contributed by atoms with Crippen molar-refractivity contribution >= 4 is 5.78 Å². The Balaban J connectivity index is 1.75. The summed E-state index contributed by atoms with van der Waals surface area (Å²) in [5.74, 6) is 1.59. The highest BCUT2D eigenvalue weighted by Gasteiger charge is 2.51. The normalized spacial score (nSPS) is 37.4. The monoisotopic (exact) mass is 243 g/mol. The van der Waals surface area contributed by atoms with Crippen LogP contribution in [0.15, 0.2) is 24.3 Å². The number of benzene rings is 1. The Hall–Kier alpha value is -1.35. The highest BCUT2D eigenvalue weighted by atomic mass is 16.5. The van der Waals surface area contributed by atoms with E-state index in [-0.39, 0.29) is 11.4 Å². The quantitative estimate of drug-likeness (QED) is 0.699. The largest absolute Gasteiger partial charge is 0.486 e. The molecule has 0 saturated carbocycles. The number of Topliss-reactive ketones (excluding diaryl/α,β-unsaturated/α-hetero) is 1. The van der Waals surface area contributed by atoms with Crippen LogP contribution in [0.3, 0.4) is 0 Å². The summed E-state index contributed by atoms with van der Waals surface area (Å²) < 4.78 is 6.31. The van der Waals surface area contributed by atoms with E-state index in [1.807, 2.05) is 24.3 Å². The molecule has 2 saturated heterocycles. The molecule has 3 nitrogen and oxygen atoms in total. The fourth-order valence-corrected chi connectivity index (χ4v) is 3.79. The Bertz CT molecular complexity index is 513. The summed E-state index contributed by atoms with van der Waals surface area (Å²) in [5, 5.41) is 0. The zero-order chi connectivity index (χ0) is 12.2. The first-order valence-corrected chi connectivity index (χ1v) is 6.80. The van der Waals surface area contributed by atoms with Crippen molar-refractivity contribution in [3.8, 4) is 5.75 Å². The third-order valence-corrected chi connectivity index (χ3v) is 4.83. The van der Waals surface area contributed by atoms with Crippen LogP contribution in [0.4, 0.5) is 0 Å². The van der Waals surface area contributed by atoms with Crippen molar-refractivity contribution in [1.82, 2.24) is 4.90 Å². The third-order valence-electron chi connectivity index (χ3n) is 4.83. The summed E-state index contributed by atoms with van der Waals surface area (Å²) in [6.45, 7) is 3.35. The van der Waals surface area contributed by atoms with Gasteiger partial charge in [-0.05, 0) is 25.1 Å². The van der Waals surface area contributed by atoms with Crippen molar-refractivity contribution in [1.29, 1.82) is 0 Å². The third kappa shape index (κ3) is 1.37. The molecule has 2 bridgehead atoms. The molecule has 0 aromatic heterocycles. The number of piperidine rings is 1. The molecular weight excluding hydrogens is 226 g/mol. The van der Waals surface area contributed by atoms with Crippen molar-refractivity contribution in [2.75, 3.05) is 19.6 Å². The first-order valence-electron chi connectivity index (χ1n) is 6.80. The second-order valence-electron chi connectivity index (χ2n) is 5.80. The molecule has 3 heteroatoms. The maximum atomic E-state index is 12.3. The molecule has 18 heavy (non-hydrogen) atoms. The summed E-state index contributed by atoms with van der Waals surface area (Å²) in [6.07, 6.45) is 2.75. The molecule has 0 amide bonds. The molecule has 3 atom stereocenters. The van der Waals surface area contributed by atoms with E-state index < -0.39 is 0 Å². The standard InChI is InChI=1S/C15H17NO2/c17-13-9-15(6-8-16-7-5-11(15)10-16)18-14-4-2-1-3-12(13)14/h1-4,11H,5-10H2. The number of rotatable bonds is 0. The van der Waals surface area contributed by atoms with Gasteiger partial charge in [0.2, 0.25) is 0 Å². The maximum absolute atomic E-state index is 12.3. The molecule has 3 heterocycles. The van der Waals surface area contributed by atoms with E-state index in [0.717, 1.165) is 30.8 Å². The molecule has 3 aliphatic heterocycles. The summed E-state index contributed by atoms with van der Waals surface area (Å²) in [7, 11) is 0. The topological polar surface area (TPSA) is 29.5 Å². The Morgan fingerprint density at radius 3 is 3.11 bits per heavy atom. The molecule has 2 fully saturated rings. The lowest BCUT2D eigenvalue weighted by atomic mass is 9.76. The summed E-state index contributed by atoms with van der Waals surface area (Å²) >= 11 is 0. The van der Waals surface area contributed by atoms with Gasteiger partial charge >= 0.3 is 0 Å². The number of ether oxygens (including phenoxy) is 1. The van der Waals surface area contributed by atoms with Crippen molar-refractivity contribution in [2.45, 2.75) is 24.9 Å². The summed E-state index contributed by atoms with van der Waals surface area (Å²) in [4.78, 5) is 14.8. The highest BCUT2D eigenvalue weighted by Crippen LogP contribution is 2.45. The Morgan fingerprint density at radius 1 is 1.28 bits per heavy atom. The van der Waals surface area contributed by atoms with Gasteiger partial charge in [-0.2, -0.15) is 0 Å². The Labute approximate surface area is 107 Å². The highest BCUT2D eigenvalue weighted by molar-refractivity contribution is 6.00. The Kier molecular flexibility index (Phi) is 2.10. The number of hydrogen-bond acceptors (Lipinski definition) is 3. The average Bonchev–Trinajstić information content (AvgIpc) is 2.80. The number of fused-ring (bicyclic) bond motifs is 4. The van der Waals surface area contributed by atoms with Gasteiger partial charge in [-0.25, -0.2) is 0 Å². The molecular formula is C15H17NO2. The molecule has 1 spiro atoms. The fraction of sp³-hybridized carbons (Fsp3) is 0.533. The van der Waals surface area contributed by atoms with Gasteiger partial charge in [0.15, 0.2) is 5.78 Å². The Morgan fingerprint density at radius 2 is 2.17 bits per heavy atom. The minimum atomic E-state index is -0.210. The molecule has 1 aromatic rings. The van der Waals surface area contributed by atoms with E-state index in [1.165, 1.54) is 13.0 Å². The van der Waals surface area contributed by atoms with Gasteiger partial charge in [0.25, 0.3) is 0 Å². The van der Waals surface area contributed by atoms with Crippen LogP contribution in [-0.4, -0.2) is 35.9 Å². The number of carbonyl (C=O) groups is 1. The molecule has 3 aliphatic rings. The molecule has 0 aliphatic carbocycles. The summed E-state index contributed by atoms with van der Waals surface area (Å²) in [6, 6.07) is 7.69. The van der Waals surface area contributed by atoms with E-state index >= 15 is 0 Å². The van der Waals surface area contributed by atoms with Gasteiger partial charge in [-0.3, -0.25) is 4.79 Å². The maximum Gasteiger partial charge on any atom is 0.170 e. The zero-order valence-electron chi connectivity index (χ0n) is 10.4. The van der Waals surface area contributed by atoms with Gasteiger partial charge in [0.1, 0.15) is 11.4 Å². The lowest BCUT2D eigenvalue weighted by molar-refractivity contribution is -0.0293. The van der Waals surface area contributed by atoms with Crippen molar-refractivity contribution in [2.24, 2.45) is 5.92 Å². The van der Waals surface area contributed by atoms with E-state index in [1.54, 1.807) is 0 Å². The van der Waals surface area contributed by atoms with Crippen LogP contribution in [0, 0.1) is 5.92 Å². The van der Waals surface area contributed by atoms with Gasteiger partial charge in [-0.1, -0.05) is 12.1 Å². The second-order valence-corrected chi connectivity index (χ2v) is 5.80. The average molecular weight is 243 g/mol. The molecule has 0 N–H and O–H groups in total. The summed E-state index contributed by atoms with van der Waals surface area (Å²) in [5.41, 5.74) is 0.557. The van der Waals surface area contributed by atoms with E-state index in [0.29, 0.717) is 12.3 Å². The molecule has 94 valence electrons. The van der Waals surface area contributed by atoms with E-state index in [2.05, 4.69) is 4.90 Å². The van der Waals surface area contributed by atoms with Crippen LogP contribution in [0.5, 0.6) is 5.75 Å². The first kappa shape index (κ1) is 10.6.